The topological polar surface area (TPSA) is 61.8 Å². The van der Waals surface area contributed by atoms with Crippen molar-refractivity contribution in [3.8, 4) is 0 Å². The van der Waals surface area contributed by atoms with E-state index >= 15 is 0 Å². The SMILES string of the molecule is CCCCC/C=C\C/C=C\CCCCCCCCCC(=O)OC[C@H](COC(=O)CCCCCCCCCCCCCCCCCCCCCCC)OCCCCCCCCCCCCCCCCCC. The minimum Gasteiger partial charge on any atom is -0.463 e. The second-order valence-corrected chi connectivity index (χ2v) is 21.7. The van der Waals surface area contributed by atoms with Crippen molar-refractivity contribution in [2.45, 2.75) is 361 Å². The molecular formula is C65H124O5. The number of esters is 2. The molecule has 0 fully saturated rings. The highest BCUT2D eigenvalue weighted by atomic mass is 16.6. The molecule has 0 saturated carbocycles. The van der Waals surface area contributed by atoms with Gasteiger partial charge >= 0.3 is 11.9 Å². The predicted octanol–water partition coefficient (Wildman–Crippen LogP) is 21.9. The van der Waals surface area contributed by atoms with Crippen LogP contribution >= 0.6 is 0 Å². The van der Waals surface area contributed by atoms with Gasteiger partial charge in [-0.3, -0.25) is 9.59 Å². The van der Waals surface area contributed by atoms with Crippen LogP contribution in [0.25, 0.3) is 0 Å². The number of carbonyl (C=O) groups excluding carboxylic acids is 2. The van der Waals surface area contributed by atoms with Crippen LogP contribution in [-0.4, -0.2) is 37.9 Å². The fourth-order valence-electron chi connectivity index (χ4n) is 9.70. The molecule has 0 spiro atoms. The molecular weight excluding hydrogens is 861 g/mol. The van der Waals surface area contributed by atoms with E-state index in [9.17, 15) is 9.59 Å². The normalized spacial score (nSPS) is 12.2. The molecule has 0 N–H and O–H groups in total. The summed E-state index contributed by atoms with van der Waals surface area (Å²) in [7, 11) is 0. The number of allylic oxidation sites excluding steroid dienone is 4. The Labute approximate surface area is 438 Å². The van der Waals surface area contributed by atoms with Crippen molar-refractivity contribution in [3.05, 3.63) is 24.3 Å². The molecule has 0 radical (unpaired) electrons. The molecule has 0 amide bonds. The lowest BCUT2D eigenvalue weighted by Crippen LogP contribution is -2.29. The lowest BCUT2D eigenvalue weighted by molar-refractivity contribution is -0.155. The molecule has 0 aliphatic heterocycles. The van der Waals surface area contributed by atoms with E-state index in [1.165, 1.54) is 276 Å². The van der Waals surface area contributed by atoms with Crippen LogP contribution in [0.3, 0.4) is 0 Å². The average molecular weight is 986 g/mol. The highest BCUT2D eigenvalue weighted by molar-refractivity contribution is 5.69. The second kappa shape index (κ2) is 61.7. The Morgan fingerprint density at radius 2 is 0.543 bits per heavy atom. The minimum atomic E-state index is -0.397. The highest BCUT2D eigenvalue weighted by Crippen LogP contribution is 2.18. The van der Waals surface area contributed by atoms with Crippen molar-refractivity contribution in [2.24, 2.45) is 0 Å². The number of unbranched alkanes of at least 4 members (excludes halogenated alkanes) is 45. The third-order valence-corrected chi connectivity index (χ3v) is 14.5. The molecule has 5 nitrogen and oxygen atoms in total. The van der Waals surface area contributed by atoms with E-state index in [1.807, 2.05) is 0 Å². The minimum absolute atomic E-state index is 0.155. The van der Waals surface area contributed by atoms with E-state index in [4.69, 9.17) is 14.2 Å². The molecule has 0 aromatic rings. The second-order valence-electron chi connectivity index (χ2n) is 21.7. The van der Waals surface area contributed by atoms with Crippen molar-refractivity contribution in [3.63, 3.8) is 0 Å². The number of carbonyl (C=O) groups is 2. The lowest BCUT2D eigenvalue weighted by Gasteiger charge is -2.18. The van der Waals surface area contributed by atoms with Gasteiger partial charge in [0.05, 0.1) is 0 Å². The van der Waals surface area contributed by atoms with Crippen molar-refractivity contribution in [1.29, 1.82) is 0 Å². The summed E-state index contributed by atoms with van der Waals surface area (Å²) in [6.45, 7) is 7.78. The van der Waals surface area contributed by atoms with Gasteiger partial charge in [0.2, 0.25) is 0 Å². The van der Waals surface area contributed by atoms with E-state index < -0.39 is 6.10 Å². The fourth-order valence-corrected chi connectivity index (χ4v) is 9.70. The molecule has 0 aliphatic carbocycles. The molecule has 0 rings (SSSR count). The molecule has 414 valence electrons. The van der Waals surface area contributed by atoms with E-state index in [-0.39, 0.29) is 25.2 Å². The van der Waals surface area contributed by atoms with Crippen LogP contribution in [0.5, 0.6) is 0 Å². The Bertz CT molecular complexity index is 1070. The van der Waals surface area contributed by atoms with E-state index in [0.29, 0.717) is 19.4 Å². The van der Waals surface area contributed by atoms with Crippen molar-refractivity contribution in [2.75, 3.05) is 19.8 Å². The first-order valence-electron chi connectivity index (χ1n) is 31.9. The highest BCUT2D eigenvalue weighted by Gasteiger charge is 2.16. The molecule has 0 bridgehead atoms. The Balaban J connectivity index is 4.18. The lowest BCUT2D eigenvalue weighted by atomic mass is 10.0. The standard InChI is InChI=1S/C65H124O5/c1-4-7-10-13-16-19-22-25-28-31-32-33-34-36-38-41-44-47-50-53-56-59-65(67)70-62-63(68-60-57-54-51-48-45-42-39-30-27-24-21-18-15-12-9-6-3)61-69-64(66)58-55-52-49-46-43-40-37-35-29-26-23-20-17-14-11-8-5-2/h17,20,26,29,63H,4-16,18-19,21-25,27-28,30-62H2,1-3H3/b20-17-,29-26-/t63-/m1/s1. The van der Waals surface area contributed by atoms with Gasteiger partial charge < -0.3 is 14.2 Å². The Morgan fingerprint density at radius 1 is 0.300 bits per heavy atom. The summed E-state index contributed by atoms with van der Waals surface area (Å²) in [5.74, 6) is -0.318. The number of hydrogen-bond acceptors (Lipinski definition) is 5. The largest absolute Gasteiger partial charge is 0.463 e. The first-order valence-corrected chi connectivity index (χ1v) is 31.9. The number of ether oxygens (including phenoxy) is 3. The number of hydrogen-bond donors (Lipinski definition) is 0. The molecule has 5 heteroatoms. The zero-order chi connectivity index (χ0) is 50.6. The van der Waals surface area contributed by atoms with Crippen molar-refractivity contribution >= 4 is 11.9 Å². The van der Waals surface area contributed by atoms with E-state index in [2.05, 4.69) is 45.1 Å². The van der Waals surface area contributed by atoms with Crippen LogP contribution < -0.4 is 0 Å². The van der Waals surface area contributed by atoms with Gasteiger partial charge in [-0.1, -0.05) is 315 Å². The Kier molecular flexibility index (Phi) is 60.3. The predicted molar refractivity (Wildman–Crippen MR) is 307 cm³/mol. The fraction of sp³-hybridized carbons (Fsp3) is 0.908. The smallest absolute Gasteiger partial charge is 0.305 e. The van der Waals surface area contributed by atoms with Crippen molar-refractivity contribution in [1.82, 2.24) is 0 Å². The number of rotatable bonds is 60. The monoisotopic (exact) mass is 985 g/mol. The Morgan fingerprint density at radius 3 is 0.857 bits per heavy atom. The first kappa shape index (κ1) is 68.4. The first-order chi connectivity index (χ1) is 34.6. The summed E-state index contributed by atoms with van der Waals surface area (Å²) in [4.78, 5) is 25.4. The van der Waals surface area contributed by atoms with E-state index in [0.717, 1.165) is 44.9 Å². The van der Waals surface area contributed by atoms with Gasteiger partial charge in [-0.25, -0.2) is 0 Å². The maximum absolute atomic E-state index is 12.7. The summed E-state index contributed by atoms with van der Waals surface area (Å²) >= 11 is 0. The maximum atomic E-state index is 12.7. The molecule has 1 atom stereocenters. The van der Waals surface area contributed by atoms with Crippen LogP contribution in [0.15, 0.2) is 24.3 Å². The van der Waals surface area contributed by atoms with Crippen LogP contribution in [0.2, 0.25) is 0 Å². The summed E-state index contributed by atoms with van der Waals surface area (Å²) in [5, 5.41) is 0. The van der Waals surface area contributed by atoms with Gasteiger partial charge in [0.15, 0.2) is 0 Å². The maximum Gasteiger partial charge on any atom is 0.305 e. The Hall–Kier alpha value is -1.62. The summed E-state index contributed by atoms with van der Waals surface area (Å²) in [6.07, 6.45) is 75.2. The van der Waals surface area contributed by atoms with Crippen LogP contribution in [0, 0.1) is 0 Å². The van der Waals surface area contributed by atoms with Gasteiger partial charge in [-0.15, -0.1) is 0 Å². The van der Waals surface area contributed by atoms with Crippen LogP contribution in [0.4, 0.5) is 0 Å². The summed E-state index contributed by atoms with van der Waals surface area (Å²) < 4.78 is 17.6. The third kappa shape index (κ3) is 58.9. The van der Waals surface area contributed by atoms with Gasteiger partial charge in [-0.05, 0) is 51.4 Å². The molecule has 70 heavy (non-hydrogen) atoms. The molecule has 0 heterocycles. The quantitative estimate of drug-likeness (QED) is 0.0345. The zero-order valence-electron chi connectivity index (χ0n) is 47.8. The molecule has 0 saturated heterocycles. The summed E-state index contributed by atoms with van der Waals surface area (Å²) in [6, 6.07) is 0. The molecule has 0 unspecified atom stereocenters. The average Bonchev–Trinajstić information content (AvgIpc) is 3.36. The van der Waals surface area contributed by atoms with Gasteiger partial charge in [0, 0.05) is 19.4 Å². The van der Waals surface area contributed by atoms with Gasteiger partial charge in [-0.2, -0.15) is 0 Å². The molecule has 0 aromatic heterocycles. The van der Waals surface area contributed by atoms with Gasteiger partial charge in [0.1, 0.15) is 19.3 Å². The zero-order valence-corrected chi connectivity index (χ0v) is 47.8. The van der Waals surface area contributed by atoms with Crippen molar-refractivity contribution < 1.29 is 23.8 Å². The van der Waals surface area contributed by atoms with E-state index in [1.54, 1.807) is 0 Å². The third-order valence-electron chi connectivity index (χ3n) is 14.5. The van der Waals surface area contributed by atoms with Crippen LogP contribution in [0.1, 0.15) is 355 Å². The van der Waals surface area contributed by atoms with Crippen LogP contribution in [-0.2, 0) is 23.8 Å². The molecule has 0 aromatic carbocycles. The summed E-state index contributed by atoms with van der Waals surface area (Å²) in [5.41, 5.74) is 0. The molecule has 0 aliphatic rings. The van der Waals surface area contributed by atoms with Gasteiger partial charge in [0.25, 0.3) is 0 Å².